The van der Waals surface area contributed by atoms with Crippen LogP contribution in [0.4, 0.5) is 0 Å². The van der Waals surface area contributed by atoms with E-state index in [9.17, 15) is 8.42 Å². The van der Waals surface area contributed by atoms with Gasteiger partial charge in [-0.25, -0.2) is 8.42 Å². The first-order chi connectivity index (χ1) is 9.93. The van der Waals surface area contributed by atoms with E-state index in [1.165, 1.54) is 17.4 Å². The van der Waals surface area contributed by atoms with Crippen molar-refractivity contribution in [1.82, 2.24) is 5.32 Å². The van der Waals surface area contributed by atoms with Crippen molar-refractivity contribution in [2.24, 2.45) is 5.92 Å². The maximum Gasteiger partial charge on any atom is 0.150 e. The molecule has 0 saturated heterocycles. The number of aryl methyl sites for hydroxylation is 1. The quantitative estimate of drug-likeness (QED) is 0.908. The van der Waals surface area contributed by atoms with Crippen LogP contribution in [0, 0.1) is 12.8 Å². The van der Waals surface area contributed by atoms with Crippen LogP contribution in [0.2, 0.25) is 0 Å². The fraction of sp³-hybridized carbons (Fsp3) is 0.647. The SMILES string of the molecule is CCNC(c1ccccc1C)C1CCCC(S(C)(=O)=O)C1. The molecule has 3 nitrogen and oxygen atoms in total. The zero-order chi connectivity index (χ0) is 15.5. The van der Waals surface area contributed by atoms with Gasteiger partial charge in [-0.15, -0.1) is 0 Å². The van der Waals surface area contributed by atoms with Crippen LogP contribution in [0.15, 0.2) is 24.3 Å². The standard InChI is InChI=1S/C17H27NO2S/c1-4-18-17(16-11-6-5-8-13(16)2)14-9-7-10-15(12-14)21(3,19)20/h5-6,8,11,14-15,17-18H,4,7,9-10,12H2,1-3H3. The Balaban J connectivity index is 2.24. The van der Waals surface area contributed by atoms with E-state index in [1.54, 1.807) is 0 Å². The largest absolute Gasteiger partial charge is 0.310 e. The predicted molar refractivity (Wildman–Crippen MR) is 88.2 cm³/mol. The first-order valence-corrected chi connectivity index (χ1v) is 9.86. The lowest BCUT2D eigenvalue weighted by atomic mass is 9.80. The molecule has 0 heterocycles. The van der Waals surface area contributed by atoms with Gasteiger partial charge in [-0.05, 0) is 49.8 Å². The van der Waals surface area contributed by atoms with Gasteiger partial charge < -0.3 is 5.32 Å². The third-order valence-corrected chi connectivity index (χ3v) is 6.33. The van der Waals surface area contributed by atoms with E-state index in [2.05, 4.69) is 43.4 Å². The summed E-state index contributed by atoms with van der Waals surface area (Å²) in [6, 6.07) is 8.70. The van der Waals surface area contributed by atoms with Gasteiger partial charge >= 0.3 is 0 Å². The number of sulfone groups is 1. The first kappa shape index (κ1) is 16.5. The molecule has 0 aliphatic heterocycles. The minimum atomic E-state index is -2.93. The molecule has 0 spiro atoms. The normalized spacial score (nSPS) is 24.7. The molecule has 118 valence electrons. The Morgan fingerprint density at radius 1 is 1.29 bits per heavy atom. The van der Waals surface area contributed by atoms with Crippen LogP contribution in [0.5, 0.6) is 0 Å². The summed E-state index contributed by atoms with van der Waals surface area (Å²) in [6.07, 6.45) is 5.11. The van der Waals surface area contributed by atoms with Gasteiger partial charge in [-0.1, -0.05) is 37.6 Å². The lowest BCUT2D eigenvalue weighted by Crippen LogP contribution is -2.35. The van der Waals surface area contributed by atoms with Gasteiger partial charge in [0.1, 0.15) is 9.84 Å². The Hall–Kier alpha value is -0.870. The number of hydrogen-bond acceptors (Lipinski definition) is 3. The fourth-order valence-electron chi connectivity index (χ4n) is 3.56. The van der Waals surface area contributed by atoms with Crippen LogP contribution in [0.25, 0.3) is 0 Å². The zero-order valence-corrected chi connectivity index (χ0v) is 14.1. The molecule has 1 aromatic rings. The Labute approximate surface area is 129 Å². The smallest absolute Gasteiger partial charge is 0.150 e. The highest BCUT2D eigenvalue weighted by Crippen LogP contribution is 2.37. The average Bonchev–Trinajstić information content (AvgIpc) is 2.45. The topological polar surface area (TPSA) is 46.2 Å². The van der Waals surface area contributed by atoms with Crippen molar-refractivity contribution >= 4 is 9.84 Å². The van der Waals surface area contributed by atoms with Crippen LogP contribution < -0.4 is 5.32 Å². The third-order valence-electron chi connectivity index (χ3n) is 4.69. The molecule has 1 N–H and O–H groups in total. The lowest BCUT2D eigenvalue weighted by Gasteiger charge is -2.35. The predicted octanol–water partition coefficient (Wildman–Crippen LogP) is 3.25. The average molecular weight is 309 g/mol. The number of hydrogen-bond donors (Lipinski definition) is 1. The summed E-state index contributed by atoms with van der Waals surface area (Å²) < 4.78 is 23.8. The van der Waals surface area contributed by atoms with Crippen molar-refractivity contribution in [3.8, 4) is 0 Å². The van der Waals surface area contributed by atoms with E-state index in [4.69, 9.17) is 0 Å². The van der Waals surface area contributed by atoms with Crippen molar-refractivity contribution in [3.05, 3.63) is 35.4 Å². The molecule has 1 saturated carbocycles. The number of benzene rings is 1. The molecule has 0 bridgehead atoms. The monoisotopic (exact) mass is 309 g/mol. The van der Waals surface area contributed by atoms with Crippen LogP contribution in [-0.4, -0.2) is 26.5 Å². The molecular weight excluding hydrogens is 282 g/mol. The van der Waals surface area contributed by atoms with Gasteiger partial charge in [0.2, 0.25) is 0 Å². The maximum atomic E-state index is 11.9. The second-order valence-electron chi connectivity index (χ2n) is 6.27. The Morgan fingerprint density at radius 2 is 2.00 bits per heavy atom. The van der Waals surface area contributed by atoms with E-state index in [1.807, 2.05) is 0 Å². The summed E-state index contributed by atoms with van der Waals surface area (Å²) in [5.74, 6) is 0.402. The van der Waals surface area contributed by atoms with Gasteiger partial charge in [0.05, 0.1) is 5.25 Å². The highest BCUT2D eigenvalue weighted by molar-refractivity contribution is 7.91. The highest BCUT2D eigenvalue weighted by Gasteiger charge is 2.33. The van der Waals surface area contributed by atoms with E-state index >= 15 is 0 Å². The zero-order valence-electron chi connectivity index (χ0n) is 13.3. The van der Waals surface area contributed by atoms with Gasteiger partial charge in [-0.3, -0.25) is 0 Å². The van der Waals surface area contributed by atoms with Crippen molar-refractivity contribution < 1.29 is 8.42 Å². The van der Waals surface area contributed by atoms with Gasteiger partial charge in [0.25, 0.3) is 0 Å². The highest BCUT2D eigenvalue weighted by atomic mass is 32.2. The van der Waals surface area contributed by atoms with Gasteiger partial charge in [0.15, 0.2) is 0 Å². The Morgan fingerprint density at radius 3 is 2.62 bits per heavy atom. The van der Waals surface area contributed by atoms with E-state index in [0.29, 0.717) is 5.92 Å². The Kier molecular flexibility index (Phi) is 5.44. The van der Waals surface area contributed by atoms with Crippen molar-refractivity contribution in [3.63, 3.8) is 0 Å². The summed E-state index contributed by atoms with van der Waals surface area (Å²) >= 11 is 0. The summed E-state index contributed by atoms with van der Waals surface area (Å²) in [4.78, 5) is 0. The minimum Gasteiger partial charge on any atom is -0.310 e. The van der Waals surface area contributed by atoms with E-state index < -0.39 is 9.84 Å². The van der Waals surface area contributed by atoms with Crippen molar-refractivity contribution in [2.45, 2.75) is 50.8 Å². The molecule has 1 aliphatic carbocycles. The molecule has 3 unspecified atom stereocenters. The second-order valence-corrected chi connectivity index (χ2v) is 8.60. The third kappa shape index (κ3) is 4.07. The van der Waals surface area contributed by atoms with Crippen LogP contribution in [-0.2, 0) is 9.84 Å². The van der Waals surface area contributed by atoms with Crippen molar-refractivity contribution in [2.75, 3.05) is 12.8 Å². The molecule has 4 heteroatoms. The molecule has 21 heavy (non-hydrogen) atoms. The van der Waals surface area contributed by atoms with Crippen LogP contribution in [0.3, 0.4) is 0 Å². The molecular formula is C17H27NO2S. The molecule has 0 amide bonds. The minimum absolute atomic E-state index is 0.165. The summed E-state index contributed by atoms with van der Waals surface area (Å²) in [5.41, 5.74) is 2.60. The summed E-state index contributed by atoms with van der Waals surface area (Å²) in [5, 5.41) is 3.42. The van der Waals surface area contributed by atoms with E-state index in [-0.39, 0.29) is 11.3 Å². The lowest BCUT2D eigenvalue weighted by molar-refractivity contribution is 0.275. The van der Waals surface area contributed by atoms with Crippen molar-refractivity contribution in [1.29, 1.82) is 0 Å². The van der Waals surface area contributed by atoms with Gasteiger partial charge in [-0.2, -0.15) is 0 Å². The molecule has 0 aromatic heterocycles. The summed E-state index contributed by atoms with van der Waals surface area (Å²) in [7, 11) is -2.93. The summed E-state index contributed by atoms with van der Waals surface area (Å²) in [6.45, 7) is 5.15. The molecule has 0 radical (unpaired) electrons. The number of rotatable bonds is 5. The fourth-order valence-corrected chi connectivity index (χ4v) is 4.75. The Bertz CT molecular complexity index is 568. The first-order valence-electron chi connectivity index (χ1n) is 7.91. The maximum absolute atomic E-state index is 11.9. The van der Waals surface area contributed by atoms with Crippen LogP contribution in [0.1, 0.15) is 49.8 Å². The molecule has 1 aromatic carbocycles. The number of nitrogens with one attached hydrogen (secondary N) is 1. The second kappa shape index (κ2) is 6.93. The van der Waals surface area contributed by atoms with Crippen LogP contribution >= 0.6 is 0 Å². The van der Waals surface area contributed by atoms with Gasteiger partial charge in [0, 0.05) is 12.3 Å². The molecule has 2 rings (SSSR count). The molecule has 1 aliphatic rings. The molecule has 3 atom stereocenters. The molecule has 1 fully saturated rings. The van der Waals surface area contributed by atoms with E-state index in [0.717, 1.165) is 32.2 Å².